The molecule has 1 aromatic carbocycles. The van der Waals surface area contributed by atoms with E-state index >= 15 is 0 Å². The molecule has 0 atom stereocenters. The molecule has 0 radical (unpaired) electrons. The summed E-state index contributed by atoms with van der Waals surface area (Å²) >= 11 is 0. The number of rotatable bonds is 6. The van der Waals surface area contributed by atoms with E-state index in [1.54, 1.807) is 0 Å². The highest BCUT2D eigenvalue weighted by molar-refractivity contribution is 5.89. The van der Waals surface area contributed by atoms with Crippen LogP contribution in [-0.4, -0.2) is 24.3 Å². The van der Waals surface area contributed by atoms with Gasteiger partial charge in [0, 0.05) is 18.8 Å². The van der Waals surface area contributed by atoms with Crippen molar-refractivity contribution in [1.29, 1.82) is 0 Å². The van der Waals surface area contributed by atoms with Gasteiger partial charge in [-0.25, -0.2) is 4.79 Å². The highest BCUT2D eigenvalue weighted by atomic mass is 16.3. The first-order valence-corrected chi connectivity index (χ1v) is 7.13. The van der Waals surface area contributed by atoms with Gasteiger partial charge < -0.3 is 15.7 Å². The first-order valence-electron chi connectivity index (χ1n) is 7.13. The molecule has 4 heteroatoms. The number of urea groups is 1. The number of anilines is 1. The van der Waals surface area contributed by atoms with Crippen molar-refractivity contribution in [2.24, 2.45) is 5.41 Å². The standard InChI is InChI=1S/C16H26N2O2/c1-5-13-10-14(7-6-12(13)2)18-15(20)17-11-16(3,4)8-9-19/h6-7,10,19H,5,8-9,11H2,1-4H3,(H2,17,18,20). The highest BCUT2D eigenvalue weighted by Crippen LogP contribution is 2.18. The van der Waals surface area contributed by atoms with Gasteiger partial charge in [0.05, 0.1) is 0 Å². The van der Waals surface area contributed by atoms with Crippen molar-refractivity contribution in [2.45, 2.75) is 40.5 Å². The lowest BCUT2D eigenvalue weighted by atomic mass is 9.90. The number of hydrogen-bond acceptors (Lipinski definition) is 2. The molecule has 20 heavy (non-hydrogen) atoms. The Morgan fingerprint density at radius 2 is 2.05 bits per heavy atom. The Morgan fingerprint density at radius 1 is 1.35 bits per heavy atom. The quantitative estimate of drug-likeness (QED) is 0.749. The summed E-state index contributed by atoms with van der Waals surface area (Å²) in [6, 6.07) is 5.73. The summed E-state index contributed by atoms with van der Waals surface area (Å²) in [7, 11) is 0. The van der Waals surface area contributed by atoms with Crippen LogP contribution in [0.5, 0.6) is 0 Å². The molecule has 2 amide bonds. The van der Waals surface area contributed by atoms with E-state index in [0.717, 1.165) is 12.1 Å². The van der Waals surface area contributed by atoms with Crippen LogP contribution in [0.3, 0.4) is 0 Å². The van der Waals surface area contributed by atoms with E-state index in [9.17, 15) is 4.79 Å². The third kappa shape index (κ3) is 5.21. The number of benzene rings is 1. The molecule has 0 saturated carbocycles. The van der Waals surface area contributed by atoms with Gasteiger partial charge >= 0.3 is 6.03 Å². The zero-order chi connectivity index (χ0) is 15.2. The molecule has 0 aliphatic heterocycles. The van der Waals surface area contributed by atoms with Crippen LogP contribution in [0.2, 0.25) is 0 Å². The van der Waals surface area contributed by atoms with Crippen molar-refractivity contribution < 1.29 is 9.90 Å². The molecular formula is C16H26N2O2. The second-order valence-electron chi connectivity index (χ2n) is 5.94. The number of hydrogen-bond donors (Lipinski definition) is 3. The molecule has 0 aliphatic carbocycles. The molecular weight excluding hydrogens is 252 g/mol. The van der Waals surface area contributed by atoms with Crippen molar-refractivity contribution >= 4 is 11.7 Å². The fourth-order valence-corrected chi connectivity index (χ4v) is 2.02. The van der Waals surface area contributed by atoms with Crippen LogP contribution in [-0.2, 0) is 6.42 Å². The molecule has 4 nitrogen and oxygen atoms in total. The fourth-order valence-electron chi connectivity index (χ4n) is 2.02. The zero-order valence-electron chi connectivity index (χ0n) is 12.9. The van der Waals surface area contributed by atoms with Crippen LogP contribution < -0.4 is 10.6 Å². The van der Waals surface area contributed by atoms with Gasteiger partial charge in [0.1, 0.15) is 0 Å². The second kappa shape index (κ2) is 7.29. The van der Waals surface area contributed by atoms with E-state index in [-0.39, 0.29) is 18.1 Å². The van der Waals surface area contributed by atoms with E-state index in [1.165, 1.54) is 11.1 Å². The summed E-state index contributed by atoms with van der Waals surface area (Å²) in [6.45, 7) is 8.87. The number of carbonyl (C=O) groups excluding carboxylic acids is 1. The van der Waals surface area contributed by atoms with Gasteiger partial charge in [0.25, 0.3) is 0 Å². The predicted molar refractivity (Wildman–Crippen MR) is 83.1 cm³/mol. The number of nitrogens with one attached hydrogen (secondary N) is 2. The highest BCUT2D eigenvalue weighted by Gasteiger charge is 2.18. The normalized spacial score (nSPS) is 11.2. The van der Waals surface area contributed by atoms with E-state index in [4.69, 9.17) is 5.11 Å². The van der Waals surface area contributed by atoms with Gasteiger partial charge in [-0.05, 0) is 48.4 Å². The van der Waals surface area contributed by atoms with Crippen molar-refractivity contribution in [1.82, 2.24) is 5.32 Å². The predicted octanol–water partition coefficient (Wildman–Crippen LogP) is 3.09. The summed E-state index contributed by atoms with van der Waals surface area (Å²) in [5, 5.41) is 14.7. The van der Waals surface area contributed by atoms with Crippen molar-refractivity contribution in [2.75, 3.05) is 18.5 Å². The Morgan fingerprint density at radius 3 is 2.65 bits per heavy atom. The Balaban J connectivity index is 2.54. The van der Waals surface area contributed by atoms with E-state index in [2.05, 4.69) is 24.5 Å². The molecule has 0 aromatic heterocycles. The third-order valence-electron chi connectivity index (χ3n) is 3.50. The molecule has 3 N–H and O–H groups in total. The molecule has 0 fully saturated rings. The average molecular weight is 278 g/mol. The Labute approximate surface area is 121 Å². The lowest BCUT2D eigenvalue weighted by Crippen LogP contribution is -2.37. The van der Waals surface area contributed by atoms with Gasteiger partial charge in [-0.3, -0.25) is 0 Å². The number of aryl methyl sites for hydroxylation is 2. The maximum Gasteiger partial charge on any atom is 0.319 e. The van der Waals surface area contributed by atoms with Crippen molar-refractivity contribution in [3.05, 3.63) is 29.3 Å². The molecule has 1 aromatic rings. The molecule has 0 saturated heterocycles. The minimum Gasteiger partial charge on any atom is -0.396 e. The lowest BCUT2D eigenvalue weighted by molar-refractivity contribution is 0.204. The molecule has 0 aliphatic rings. The van der Waals surface area contributed by atoms with Crippen LogP contribution in [0, 0.1) is 12.3 Å². The van der Waals surface area contributed by atoms with Crippen LogP contribution in [0.4, 0.5) is 10.5 Å². The first kappa shape index (κ1) is 16.5. The summed E-state index contributed by atoms with van der Waals surface area (Å²) < 4.78 is 0. The number of carbonyl (C=O) groups is 1. The van der Waals surface area contributed by atoms with Crippen molar-refractivity contribution in [3.8, 4) is 0 Å². The minimum atomic E-state index is -0.207. The van der Waals surface area contributed by atoms with Crippen LogP contribution in [0.1, 0.15) is 38.3 Å². The maximum absolute atomic E-state index is 11.9. The molecule has 0 heterocycles. The summed E-state index contributed by atoms with van der Waals surface area (Å²) in [6.07, 6.45) is 1.62. The topological polar surface area (TPSA) is 61.4 Å². The monoisotopic (exact) mass is 278 g/mol. The van der Waals surface area contributed by atoms with E-state index < -0.39 is 0 Å². The largest absolute Gasteiger partial charge is 0.396 e. The van der Waals surface area contributed by atoms with Crippen LogP contribution in [0.15, 0.2) is 18.2 Å². The van der Waals surface area contributed by atoms with Gasteiger partial charge in [0.15, 0.2) is 0 Å². The van der Waals surface area contributed by atoms with Gasteiger partial charge in [-0.2, -0.15) is 0 Å². The lowest BCUT2D eigenvalue weighted by Gasteiger charge is -2.23. The number of aliphatic hydroxyl groups excluding tert-OH is 1. The minimum absolute atomic E-state index is 0.103. The Kier molecular flexibility index (Phi) is 6.02. The Bertz CT molecular complexity index is 456. The van der Waals surface area contributed by atoms with Gasteiger partial charge in [0.2, 0.25) is 0 Å². The number of amides is 2. The van der Waals surface area contributed by atoms with E-state index in [1.807, 2.05) is 32.0 Å². The average Bonchev–Trinajstić information content (AvgIpc) is 2.39. The maximum atomic E-state index is 11.9. The van der Waals surface area contributed by atoms with E-state index in [0.29, 0.717) is 13.0 Å². The first-order chi connectivity index (χ1) is 9.38. The van der Waals surface area contributed by atoms with Crippen molar-refractivity contribution in [3.63, 3.8) is 0 Å². The van der Waals surface area contributed by atoms with Crippen LogP contribution in [0.25, 0.3) is 0 Å². The molecule has 112 valence electrons. The molecule has 0 bridgehead atoms. The van der Waals surface area contributed by atoms with Crippen LogP contribution >= 0.6 is 0 Å². The SMILES string of the molecule is CCc1cc(NC(=O)NCC(C)(C)CCO)ccc1C. The summed E-state index contributed by atoms with van der Waals surface area (Å²) in [4.78, 5) is 11.9. The zero-order valence-corrected chi connectivity index (χ0v) is 12.9. The fraction of sp³-hybridized carbons (Fsp3) is 0.562. The number of aliphatic hydroxyl groups is 1. The van der Waals surface area contributed by atoms with Gasteiger partial charge in [-0.1, -0.05) is 26.8 Å². The molecule has 0 unspecified atom stereocenters. The smallest absolute Gasteiger partial charge is 0.319 e. The van der Waals surface area contributed by atoms with Gasteiger partial charge in [-0.15, -0.1) is 0 Å². The summed E-state index contributed by atoms with van der Waals surface area (Å²) in [5.74, 6) is 0. The second-order valence-corrected chi connectivity index (χ2v) is 5.94. The molecule has 0 spiro atoms. The molecule has 1 rings (SSSR count). The Hall–Kier alpha value is -1.55. The third-order valence-corrected chi connectivity index (χ3v) is 3.50. The summed E-state index contributed by atoms with van der Waals surface area (Å²) in [5.41, 5.74) is 3.18.